The first-order valence-electron chi connectivity index (χ1n) is 7.06. The van der Waals surface area contributed by atoms with Gasteiger partial charge in [0.25, 0.3) is 0 Å². The molecule has 0 spiro atoms. The van der Waals surface area contributed by atoms with E-state index in [2.05, 4.69) is 45.8 Å². The van der Waals surface area contributed by atoms with Gasteiger partial charge in [0, 0.05) is 6.61 Å². The van der Waals surface area contributed by atoms with Gasteiger partial charge < -0.3 is 18.1 Å². The molecule has 7 heteroatoms. The summed E-state index contributed by atoms with van der Waals surface area (Å²) in [5.74, 6) is 0. The van der Waals surface area contributed by atoms with E-state index in [-0.39, 0.29) is 6.61 Å². The molecule has 0 unspecified atom stereocenters. The number of rotatable bonds is 10. The summed E-state index contributed by atoms with van der Waals surface area (Å²) in [4.78, 5) is 0. The first-order chi connectivity index (χ1) is 8.47. The zero-order valence-corrected chi connectivity index (χ0v) is 16.7. The first-order valence-corrected chi connectivity index (χ1v) is 16.4. The first kappa shape index (κ1) is 19.5. The molecule has 0 amide bonds. The molecule has 0 aromatic rings. The Kier molecular flexibility index (Phi) is 8.27. The highest BCUT2D eigenvalue weighted by Gasteiger charge is 2.39. The van der Waals surface area contributed by atoms with Crippen LogP contribution in [0.4, 0.5) is 0 Å². The molecular formula is C12H32O4Si3. The molecule has 0 aliphatic rings. The molecule has 19 heavy (non-hydrogen) atoms. The van der Waals surface area contributed by atoms with Crippen molar-refractivity contribution in [3.8, 4) is 0 Å². The van der Waals surface area contributed by atoms with Crippen molar-refractivity contribution in [2.24, 2.45) is 0 Å². The summed E-state index contributed by atoms with van der Waals surface area (Å²) in [7, 11) is -5.28. The Morgan fingerprint density at radius 2 is 1.26 bits per heavy atom. The van der Waals surface area contributed by atoms with Crippen molar-refractivity contribution in [3.05, 3.63) is 0 Å². The Labute approximate surface area is 122 Å². The second-order valence-electron chi connectivity index (χ2n) is 7.00. The minimum Gasteiger partial charge on any atom is -0.437 e. The molecule has 1 N–H and O–H groups in total. The summed E-state index contributed by atoms with van der Waals surface area (Å²) in [5, 5.41) is 8.68. The van der Waals surface area contributed by atoms with Gasteiger partial charge in [-0.3, -0.25) is 0 Å². The fraction of sp³-hybridized carbons (Fsp3) is 1.00. The van der Waals surface area contributed by atoms with Gasteiger partial charge >= 0.3 is 8.56 Å². The van der Waals surface area contributed by atoms with Gasteiger partial charge in [-0.1, -0.05) is 0 Å². The molecule has 0 fully saturated rings. The summed E-state index contributed by atoms with van der Waals surface area (Å²) in [6.07, 6.45) is 0.942. The van der Waals surface area contributed by atoms with Crippen molar-refractivity contribution >= 4 is 25.2 Å². The van der Waals surface area contributed by atoms with Gasteiger partial charge in [0.15, 0.2) is 16.6 Å². The number of hydrogen-bond donors (Lipinski definition) is 1. The lowest BCUT2D eigenvalue weighted by Crippen LogP contribution is -2.52. The Balaban J connectivity index is 4.41. The standard InChI is InChI=1S/C12H32O4Si3/c1-17(2,3)15-19(7,16-18(4,5)6)12-8-10-14-11-9-13/h13H,8-12H2,1-7H3. The summed E-state index contributed by atoms with van der Waals surface area (Å²) in [6.45, 7) is 16.7. The average Bonchev–Trinajstić information content (AvgIpc) is 2.10. The number of ether oxygens (including phenoxy) is 1. The predicted molar refractivity (Wildman–Crippen MR) is 87.8 cm³/mol. The van der Waals surface area contributed by atoms with Crippen LogP contribution in [0.15, 0.2) is 0 Å². The molecule has 116 valence electrons. The van der Waals surface area contributed by atoms with E-state index in [4.69, 9.17) is 18.1 Å². The molecule has 4 nitrogen and oxygen atoms in total. The molecule has 0 aliphatic carbocycles. The van der Waals surface area contributed by atoms with Crippen molar-refractivity contribution in [3.63, 3.8) is 0 Å². The minimum atomic E-state index is -2.10. The summed E-state index contributed by atoms with van der Waals surface area (Å²) < 4.78 is 18.1. The summed E-state index contributed by atoms with van der Waals surface area (Å²) in [6, 6.07) is 0.965. The van der Waals surface area contributed by atoms with Crippen LogP contribution in [0.25, 0.3) is 0 Å². The van der Waals surface area contributed by atoms with E-state index in [1.807, 2.05) is 0 Å². The van der Waals surface area contributed by atoms with E-state index < -0.39 is 25.2 Å². The van der Waals surface area contributed by atoms with E-state index in [0.717, 1.165) is 12.5 Å². The third kappa shape index (κ3) is 12.0. The lowest BCUT2D eigenvalue weighted by atomic mass is 10.5. The largest absolute Gasteiger partial charge is 0.437 e. The molecule has 0 aromatic carbocycles. The monoisotopic (exact) mass is 324 g/mol. The van der Waals surface area contributed by atoms with Crippen LogP contribution in [0.2, 0.25) is 51.9 Å². The van der Waals surface area contributed by atoms with E-state index in [1.165, 1.54) is 0 Å². The Morgan fingerprint density at radius 1 is 0.789 bits per heavy atom. The van der Waals surface area contributed by atoms with Gasteiger partial charge in [0.1, 0.15) is 0 Å². The molecule has 0 radical (unpaired) electrons. The van der Waals surface area contributed by atoms with E-state index in [9.17, 15) is 0 Å². The van der Waals surface area contributed by atoms with Gasteiger partial charge in [0.2, 0.25) is 0 Å². The SMILES string of the molecule is C[Si](C)(C)O[Si](C)(CCCOCCO)O[Si](C)(C)C. The number of aliphatic hydroxyl groups excluding tert-OH is 1. The smallest absolute Gasteiger partial charge is 0.314 e. The van der Waals surface area contributed by atoms with Crippen molar-refractivity contribution in [1.82, 2.24) is 0 Å². The van der Waals surface area contributed by atoms with E-state index >= 15 is 0 Å². The van der Waals surface area contributed by atoms with Gasteiger partial charge in [-0.05, 0) is 58.3 Å². The van der Waals surface area contributed by atoms with Gasteiger partial charge in [-0.25, -0.2) is 0 Å². The van der Waals surface area contributed by atoms with Gasteiger partial charge in [-0.15, -0.1) is 0 Å². The van der Waals surface area contributed by atoms with Crippen LogP contribution in [0.1, 0.15) is 6.42 Å². The Morgan fingerprint density at radius 3 is 1.63 bits per heavy atom. The van der Waals surface area contributed by atoms with Crippen LogP contribution < -0.4 is 0 Å². The third-order valence-electron chi connectivity index (χ3n) is 2.20. The number of hydrogen-bond acceptors (Lipinski definition) is 4. The molecule has 0 saturated carbocycles. The Hall–Kier alpha value is 0.491. The second kappa shape index (κ2) is 8.06. The topological polar surface area (TPSA) is 47.9 Å². The van der Waals surface area contributed by atoms with Gasteiger partial charge in [-0.2, -0.15) is 0 Å². The lowest BCUT2D eigenvalue weighted by molar-refractivity contribution is 0.0919. The highest BCUT2D eigenvalue weighted by molar-refractivity contribution is 6.87. The average molecular weight is 325 g/mol. The maximum atomic E-state index is 8.68. The molecule has 0 bridgehead atoms. The molecule has 0 atom stereocenters. The van der Waals surface area contributed by atoms with Crippen LogP contribution in [0, 0.1) is 0 Å². The molecule has 0 aliphatic heterocycles. The Bertz CT molecular complexity index is 232. The lowest BCUT2D eigenvalue weighted by Gasteiger charge is -2.38. The molecule has 0 saturated heterocycles. The zero-order chi connectivity index (χ0) is 15.2. The quantitative estimate of drug-likeness (QED) is 0.495. The number of aliphatic hydroxyl groups is 1. The van der Waals surface area contributed by atoms with Crippen LogP contribution in [0.5, 0.6) is 0 Å². The molecule has 0 rings (SSSR count). The molecule has 0 aromatic heterocycles. The second-order valence-corrected chi connectivity index (χ2v) is 19.9. The normalized spacial score (nSPS) is 13.9. The molecule has 0 heterocycles. The summed E-state index contributed by atoms with van der Waals surface area (Å²) in [5.41, 5.74) is 0. The van der Waals surface area contributed by atoms with Crippen molar-refractivity contribution in [2.75, 3.05) is 19.8 Å². The zero-order valence-electron chi connectivity index (χ0n) is 13.7. The van der Waals surface area contributed by atoms with Crippen molar-refractivity contribution < 1.29 is 18.1 Å². The third-order valence-corrected chi connectivity index (χ3v) is 11.8. The van der Waals surface area contributed by atoms with Crippen molar-refractivity contribution in [1.29, 1.82) is 0 Å². The fourth-order valence-electron chi connectivity index (χ4n) is 2.08. The van der Waals surface area contributed by atoms with Crippen LogP contribution in [-0.4, -0.2) is 50.1 Å². The van der Waals surface area contributed by atoms with E-state index in [1.54, 1.807) is 0 Å². The van der Waals surface area contributed by atoms with Gasteiger partial charge in [0.05, 0.1) is 13.2 Å². The molecular weight excluding hydrogens is 292 g/mol. The van der Waals surface area contributed by atoms with Crippen LogP contribution in [0.3, 0.4) is 0 Å². The van der Waals surface area contributed by atoms with Crippen LogP contribution in [-0.2, 0) is 13.0 Å². The fourth-order valence-corrected chi connectivity index (χ4v) is 14.6. The highest BCUT2D eigenvalue weighted by Crippen LogP contribution is 2.25. The maximum absolute atomic E-state index is 8.68. The van der Waals surface area contributed by atoms with E-state index in [0.29, 0.717) is 13.2 Å². The van der Waals surface area contributed by atoms with Crippen molar-refractivity contribution in [2.45, 2.75) is 58.3 Å². The summed E-state index contributed by atoms with van der Waals surface area (Å²) >= 11 is 0. The predicted octanol–water partition coefficient (Wildman–Crippen LogP) is 3.16. The minimum absolute atomic E-state index is 0.0888. The highest BCUT2D eigenvalue weighted by atomic mass is 28.5. The maximum Gasteiger partial charge on any atom is 0.314 e. The van der Waals surface area contributed by atoms with Crippen LogP contribution >= 0.6 is 0 Å².